The van der Waals surface area contributed by atoms with Crippen LogP contribution >= 0.6 is 23.1 Å². The molecule has 0 bridgehead atoms. The van der Waals surface area contributed by atoms with E-state index < -0.39 is 0 Å². The van der Waals surface area contributed by atoms with Crippen LogP contribution in [0.5, 0.6) is 5.75 Å². The molecule has 4 rings (SSSR count). The molecule has 0 radical (unpaired) electrons. The first-order chi connectivity index (χ1) is 14.5. The van der Waals surface area contributed by atoms with Crippen LogP contribution in [0.25, 0.3) is 27.1 Å². The fourth-order valence-electron chi connectivity index (χ4n) is 3.23. The van der Waals surface area contributed by atoms with Gasteiger partial charge in [0.25, 0.3) is 5.56 Å². The number of benzene rings is 1. The van der Waals surface area contributed by atoms with Crippen LogP contribution in [0, 0.1) is 0 Å². The minimum atomic E-state index is -0.0585. The van der Waals surface area contributed by atoms with Crippen molar-refractivity contribution in [1.29, 1.82) is 0 Å². The van der Waals surface area contributed by atoms with Crippen molar-refractivity contribution < 1.29 is 4.74 Å². The van der Waals surface area contributed by atoms with Gasteiger partial charge in [0.2, 0.25) is 5.78 Å². The lowest BCUT2D eigenvalue weighted by Gasteiger charge is -2.09. The van der Waals surface area contributed by atoms with Crippen molar-refractivity contribution in [3.05, 3.63) is 40.0 Å². The van der Waals surface area contributed by atoms with E-state index in [9.17, 15) is 4.79 Å². The summed E-state index contributed by atoms with van der Waals surface area (Å²) in [6, 6.07) is 7.76. The minimum absolute atomic E-state index is 0.0585. The first-order valence-corrected chi connectivity index (χ1v) is 11.7. The molecule has 0 fully saturated rings. The maximum atomic E-state index is 13.6. The number of nitrogens with zero attached hydrogens (tertiary/aromatic N) is 5. The summed E-state index contributed by atoms with van der Waals surface area (Å²) < 4.78 is 8.79. The van der Waals surface area contributed by atoms with Gasteiger partial charge in [-0.2, -0.15) is 0 Å². The Hall–Kier alpha value is -2.36. The maximum absolute atomic E-state index is 13.6. The molecule has 0 aliphatic rings. The molecule has 9 heteroatoms. The Morgan fingerprint density at radius 1 is 1.23 bits per heavy atom. The van der Waals surface area contributed by atoms with E-state index in [1.165, 1.54) is 11.3 Å². The topological polar surface area (TPSA) is 64.7 Å². The van der Waals surface area contributed by atoms with E-state index in [0.29, 0.717) is 22.9 Å². The average Bonchev–Trinajstić information content (AvgIpc) is 3.33. The van der Waals surface area contributed by atoms with E-state index in [-0.39, 0.29) is 5.56 Å². The van der Waals surface area contributed by atoms with Gasteiger partial charge < -0.3 is 9.64 Å². The predicted molar refractivity (Wildman–Crippen MR) is 124 cm³/mol. The van der Waals surface area contributed by atoms with Crippen LogP contribution in [0.2, 0.25) is 0 Å². The molecule has 7 nitrogen and oxygen atoms in total. The fourth-order valence-corrected chi connectivity index (χ4v) is 5.00. The number of thioether (sulfide) groups is 1. The summed E-state index contributed by atoms with van der Waals surface area (Å²) in [5.74, 6) is 2.30. The van der Waals surface area contributed by atoms with Gasteiger partial charge in [0.15, 0.2) is 5.16 Å². The van der Waals surface area contributed by atoms with Crippen molar-refractivity contribution in [2.24, 2.45) is 0 Å². The molecule has 0 saturated carbocycles. The van der Waals surface area contributed by atoms with E-state index in [4.69, 9.17) is 14.8 Å². The van der Waals surface area contributed by atoms with Crippen molar-refractivity contribution >= 4 is 39.1 Å². The van der Waals surface area contributed by atoms with Crippen molar-refractivity contribution in [2.45, 2.75) is 25.0 Å². The van der Waals surface area contributed by atoms with Crippen LogP contribution < -0.4 is 10.3 Å². The second-order valence-electron chi connectivity index (χ2n) is 7.27. The highest BCUT2D eigenvalue weighted by Crippen LogP contribution is 2.32. The van der Waals surface area contributed by atoms with Gasteiger partial charge in [-0.1, -0.05) is 30.8 Å². The summed E-state index contributed by atoms with van der Waals surface area (Å²) in [5, 5.41) is 8.09. The van der Waals surface area contributed by atoms with Gasteiger partial charge in [-0.25, -0.2) is 14.1 Å². The quantitative estimate of drug-likeness (QED) is 0.386. The normalized spacial score (nSPS) is 11.8. The molecule has 0 atom stereocenters. The standard InChI is InChI=1S/C21H25N5O2S2/c1-5-12-29-21-23-25(11-10-24(2)3)20-22-18-17(19(27)26(20)21)16(13-30-18)14-6-8-15(28-4)9-7-14/h6-9,13H,5,10-12H2,1-4H3. The Morgan fingerprint density at radius 3 is 2.67 bits per heavy atom. The summed E-state index contributed by atoms with van der Waals surface area (Å²) in [5.41, 5.74) is 1.82. The van der Waals surface area contributed by atoms with E-state index in [1.54, 1.807) is 23.3 Å². The predicted octanol–water partition coefficient (Wildman–Crippen LogP) is 3.85. The SMILES string of the molecule is CCCSc1nn(CCN(C)C)c2nc3scc(-c4ccc(OC)cc4)c3c(=O)n12. The summed E-state index contributed by atoms with van der Waals surface area (Å²) in [4.78, 5) is 21.3. The van der Waals surface area contributed by atoms with Gasteiger partial charge in [0.1, 0.15) is 10.6 Å². The highest BCUT2D eigenvalue weighted by molar-refractivity contribution is 7.99. The van der Waals surface area contributed by atoms with Crippen LogP contribution in [0.1, 0.15) is 13.3 Å². The fraction of sp³-hybridized carbons (Fsp3) is 0.381. The molecule has 158 valence electrons. The lowest BCUT2D eigenvalue weighted by Crippen LogP contribution is -2.20. The smallest absolute Gasteiger partial charge is 0.270 e. The van der Waals surface area contributed by atoms with Gasteiger partial charge in [-0.15, -0.1) is 16.4 Å². The van der Waals surface area contributed by atoms with Crippen LogP contribution in [-0.2, 0) is 6.54 Å². The second kappa shape index (κ2) is 8.79. The molecule has 3 heterocycles. The Kier molecular flexibility index (Phi) is 6.12. The molecule has 0 aliphatic heterocycles. The van der Waals surface area contributed by atoms with Crippen LogP contribution in [0.3, 0.4) is 0 Å². The number of aromatic nitrogens is 4. The maximum Gasteiger partial charge on any atom is 0.270 e. The van der Waals surface area contributed by atoms with E-state index in [1.807, 2.05) is 48.4 Å². The molecule has 0 saturated heterocycles. The zero-order valence-electron chi connectivity index (χ0n) is 17.6. The highest BCUT2D eigenvalue weighted by atomic mass is 32.2. The lowest BCUT2D eigenvalue weighted by atomic mass is 10.1. The van der Waals surface area contributed by atoms with E-state index in [0.717, 1.165) is 40.4 Å². The lowest BCUT2D eigenvalue weighted by molar-refractivity contribution is 0.374. The number of methoxy groups -OCH3 is 1. The Balaban J connectivity index is 1.90. The van der Waals surface area contributed by atoms with Gasteiger partial charge in [0, 0.05) is 23.2 Å². The van der Waals surface area contributed by atoms with Crippen LogP contribution in [0.4, 0.5) is 0 Å². The molecule has 0 N–H and O–H groups in total. The number of rotatable bonds is 8. The Labute approximate surface area is 183 Å². The molecule has 3 aromatic heterocycles. The van der Waals surface area contributed by atoms with Crippen molar-refractivity contribution in [2.75, 3.05) is 33.5 Å². The molecule has 1 aromatic carbocycles. The number of ether oxygens (including phenoxy) is 1. The number of fused-ring (bicyclic) bond motifs is 2. The third kappa shape index (κ3) is 3.84. The number of thiophene rings is 1. The molecular weight excluding hydrogens is 418 g/mol. The van der Waals surface area contributed by atoms with Gasteiger partial charge in [-0.3, -0.25) is 4.79 Å². The largest absolute Gasteiger partial charge is 0.497 e. The second-order valence-corrected chi connectivity index (χ2v) is 9.19. The Bertz CT molecular complexity index is 1220. The third-order valence-corrected chi connectivity index (χ3v) is 6.82. The van der Waals surface area contributed by atoms with Crippen molar-refractivity contribution in [3.63, 3.8) is 0 Å². The molecular formula is C21H25N5O2S2. The zero-order valence-corrected chi connectivity index (χ0v) is 19.2. The third-order valence-electron chi connectivity index (χ3n) is 4.81. The minimum Gasteiger partial charge on any atom is -0.497 e. The summed E-state index contributed by atoms with van der Waals surface area (Å²) >= 11 is 3.10. The van der Waals surface area contributed by atoms with E-state index in [2.05, 4.69) is 11.8 Å². The molecule has 0 amide bonds. The van der Waals surface area contributed by atoms with Crippen molar-refractivity contribution in [3.8, 4) is 16.9 Å². The molecule has 0 unspecified atom stereocenters. The summed E-state index contributed by atoms with van der Waals surface area (Å²) in [6.45, 7) is 3.63. The van der Waals surface area contributed by atoms with Gasteiger partial charge in [0.05, 0.1) is 19.0 Å². The summed E-state index contributed by atoms with van der Waals surface area (Å²) in [6.07, 6.45) is 1.01. The first kappa shape index (κ1) is 20.9. The molecule has 0 aliphatic carbocycles. The van der Waals surface area contributed by atoms with Gasteiger partial charge in [-0.05, 0) is 38.2 Å². The molecule has 4 aromatic rings. The number of hydrogen-bond donors (Lipinski definition) is 0. The van der Waals surface area contributed by atoms with Crippen LogP contribution in [0.15, 0.2) is 39.6 Å². The molecule has 30 heavy (non-hydrogen) atoms. The average molecular weight is 444 g/mol. The van der Waals surface area contributed by atoms with E-state index >= 15 is 0 Å². The molecule has 0 spiro atoms. The Morgan fingerprint density at radius 2 is 2.00 bits per heavy atom. The number of likely N-dealkylation sites (N-methyl/N-ethyl adjacent to an activating group) is 1. The van der Waals surface area contributed by atoms with Crippen molar-refractivity contribution in [1.82, 2.24) is 24.1 Å². The highest BCUT2D eigenvalue weighted by Gasteiger charge is 2.20. The number of hydrogen-bond acceptors (Lipinski definition) is 7. The zero-order chi connectivity index (χ0) is 21.3. The summed E-state index contributed by atoms with van der Waals surface area (Å²) in [7, 11) is 5.69. The van der Waals surface area contributed by atoms with Gasteiger partial charge >= 0.3 is 0 Å². The monoisotopic (exact) mass is 443 g/mol. The first-order valence-electron chi connectivity index (χ1n) is 9.86. The van der Waals surface area contributed by atoms with Crippen LogP contribution in [-0.4, -0.2) is 57.6 Å².